The molecule has 0 bridgehead atoms. The lowest BCUT2D eigenvalue weighted by molar-refractivity contribution is -0.134. The second-order valence-corrected chi connectivity index (χ2v) is 14.4. The Morgan fingerprint density at radius 2 is 1.67 bits per heavy atom. The van der Waals surface area contributed by atoms with Crippen LogP contribution in [0, 0.1) is 11.3 Å². The molecule has 6 rings (SSSR count). The molecular formula is C33H48N6O4. The average molecular weight is 593 g/mol. The van der Waals surface area contributed by atoms with Gasteiger partial charge in [0.25, 0.3) is 0 Å². The number of aromatic nitrogens is 2. The fourth-order valence-corrected chi connectivity index (χ4v) is 7.73. The summed E-state index contributed by atoms with van der Waals surface area (Å²) < 4.78 is 7.51. The van der Waals surface area contributed by atoms with Crippen molar-refractivity contribution in [1.82, 2.24) is 24.9 Å². The van der Waals surface area contributed by atoms with Crippen molar-refractivity contribution in [3.05, 3.63) is 23.9 Å². The molecule has 1 N–H and O–H groups in total. The van der Waals surface area contributed by atoms with Crippen LogP contribution in [0.4, 0.5) is 10.5 Å². The van der Waals surface area contributed by atoms with Gasteiger partial charge in [0.1, 0.15) is 5.60 Å². The number of amides is 3. The van der Waals surface area contributed by atoms with E-state index >= 15 is 0 Å². The summed E-state index contributed by atoms with van der Waals surface area (Å²) in [5.74, 6) is -0.125. The maximum atomic E-state index is 12.6. The van der Waals surface area contributed by atoms with Crippen LogP contribution in [0.1, 0.15) is 83.7 Å². The molecule has 10 heteroatoms. The van der Waals surface area contributed by atoms with Crippen molar-refractivity contribution >= 4 is 34.5 Å². The monoisotopic (exact) mass is 592 g/mol. The van der Waals surface area contributed by atoms with Gasteiger partial charge in [-0.05, 0) is 96.2 Å². The third kappa shape index (κ3) is 6.40. The topological polar surface area (TPSA) is 100 Å². The molecule has 3 amide bonds. The number of fused-ring (bicyclic) bond motifs is 1. The van der Waals surface area contributed by atoms with Crippen LogP contribution >= 0.6 is 0 Å². The quantitative estimate of drug-likeness (QED) is 0.525. The van der Waals surface area contributed by atoms with Gasteiger partial charge in [0, 0.05) is 51.6 Å². The number of nitrogens with one attached hydrogen (secondary N) is 1. The van der Waals surface area contributed by atoms with Crippen molar-refractivity contribution in [1.29, 1.82) is 0 Å². The van der Waals surface area contributed by atoms with Gasteiger partial charge >= 0.3 is 6.09 Å². The second-order valence-electron chi connectivity index (χ2n) is 14.4. The molecule has 4 aliphatic rings. The molecule has 5 heterocycles. The first kappa shape index (κ1) is 29.9. The Morgan fingerprint density at radius 1 is 1.00 bits per heavy atom. The minimum Gasteiger partial charge on any atom is -0.444 e. The van der Waals surface area contributed by atoms with E-state index in [2.05, 4.69) is 33.3 Å². The van der Waals surface area contributed by atoms with E-state index in [1.807, 2.05) is 37.4 Å². The predicted molar refractivity (Wildman–Crippen MR) is 166 cm³/mol. The molecule has 234 valence electrons. The molecule has 0 saturated carbocycles. The highest BCUT2D eigenvalue weighted by atomic mass is 16.6. The summed E-state index contributed by atoms with van der Waals surface area (Å²) >= 11 is 0. The van der Waals surface area contributed by atoms with Crippen LogP contribution in [-0.4, -0.2) is 88.9 Å². The molecule has 0 aliphatic carbocycles. The number of piperidine rings is 4. The first-order valence-electron chi connectivity index (χ1n) is 16.2. The lowest BCUT2D eigenvalue weighted by atomic mass is 9.71. The fourth-order valence-electron chi connectivity index (χ4n) is 7.73. The Morgan fingerprint density at radius 3 is 2.33 bits per heavy atom. The number of nitrogens with zero attached hydrogens (tertiary/aromatic N) is 5. The number of likely N-dealkylation sites (tertiary alicyclic amines) is 2. The van der Waals surface area contributed by atoms with Crippen LogP contribution in [0.2, 0.25) is 0 Å². The van der Waals surface area contributed by atoms with E-state index < -0.39 is 5.60 Å². The van der Waals surface area contributed by atoms with Gasteiger partial charge in [0.2, 0.25) is 11.8 Å². The zero-order valence-electron chi connectivity index (χ0n) is 26.4. The third-order valence-corrected chi connectivity index (χ3v) is 10.3. The van der Waals surface area contributed by atoms with E-state index in [9.17, 15) is 14.4 Å². The van der Waals surface area contributed by atoms with Crippen molar-refractivity contribution in [3.8, 4) is 0 Å². The number of aryl methyl sites for hydroxylation is 1. The van der Waals surface area contributed by atoms with E-state index in [0.29, 0.717) is 24.2 Å². The SMILES string of the molecule is Cn1nc(C2CCC(=O)NC2=O)c2cccc(N3CCC(CN4CCC5(CC4)CCN(C(=O)OC(C)(C)C)CC5)CC3)c21. The van der Waals surface area contributed by atoms with Gasteiger partial charge < -0.3 is 19.4 Å². The molecule has 43 heavy (non-hydrogen) atoms. The molecule has 2 aromatic rings. The first-order chi connectivity index (χ1) is 20.5. The molecule has 1 aromatic heterocycles. The Balaban J connectivity index is 1.01. The number of imide groups is 1. The van der Waals surface area contributed by atoms with Crippen LogP contribution in [0.5, 0.6) is 0 Å². The smallest absolute Gasteiger partial charge is 0.410 e. The average Bonchev–Trinajstić information content (AvgIpc) is 3.30. The highest BCUT2D eigenvalue weighted by Crippen LogP contribution is 2.42. The summed E-state index contributed by atoms with van der Waals surface area (Å²) in [6.45, 7) is 12.9. The summed E-state index contributed by atoms with van der Waals surface area (Å²) in [6, 6.07) is 6.31. The maximum Gasteiger partial charge on any atom is 0.410 e. The molecule has 4 saturated heterocycles. The highest BCUT2D eigenvalue weighted by Gasteiger charge is 2.40. The molecule has 4 aliphatic heterocycles. The number of carbonyl (C=O) groups excluding carboxylic acids is 3. The number of anilines is 1. The lowest BCUT2D eigenvalue weighted by Crippen LogP contribution is -2.50. The maximum absolute atomic E-state index is 12.6. The predicted octanol–water partition coefficient (Wildman–Crippen LogP) is 4.42. The molecule has 0 radical (unpaired) electrons. The Labute approximate surface area is 255 Å². The van der Waals surface area contributed by atoms with Crippen LogP contribution in [-0.2, 0) is 21.4 Å². The van der Waals surface area contributed by atoms with Crippen molar-refractivity contribution in [3.63, 3.8) is 0 Å². The van der Waals surface area contributed by atoms with Gasteiger partial charge in [-0.1, -0.05) is 12.1 Å². The summed E-state index contributed by atoms with van der Waals surface area (Å²) in [7, 11) is 1.96. The highest BCUT2D eigenvalue weighted by molar-refractivity contribution is 6.03. The van der Waals surface area contributed by atoms with E-state index in [0.717, 1.165) is 68.7 Å². The second kappa shape index (κ2) is 11.7. The number of hydrogen-bond acceptors (Lipinski definition) is 7. The van der Waals surface area contributed by atoms with Crippen molar-refractivity contribution < 1.29 is 19.1 Å². The zero-order valence-corrected chi connectivity index (χ0v) is 26.4. The molecule has 1 spiro atoms. The van der Waals surface area contributed by atoms with E-state index in [1.54, 1.807) is 0 Å². The fraction of sp³-hybridized carbons (Fsp3) is 0.697. The lowest BCUT2D eigenvalue weighted by Gasteiger charge is -2.47. The van der Waals surface area contributed by atoms with Crippen LogP contribution in [0.3, 0.4) is 0 Å². The van der Waals surface area contributed by atoms with Crippen molar-refractivity contribution in [2.24, 2.45) is 18.4 Å². The Kier molecular flexibility index (Phi) is 8.17. The summed E-state index contributed by atoms with van der Waals surface area (Å²) in [6.07, 6.45) is 7.66. The molecule has 4 fully saturated rings. The standard InChI is InChI=1S/C33H48N6O4/c1-32(2,3)43-31(42)39-20-14-33(15-21-39)12-18-37(19-13-33)22-23-10-16-38(17-11-23)26-7-5-6-24-28(35-36(4)29(24)26)25-8-9-27(40)34-30(25)41/h5-7,23,25H,8-22H2,1-4H3,(H,34,40,41). The molecular weight excluding hydrogens is 544 g/mol. The van der Waals surface area contributed by atoms with Crippen LogP contribution < -0.4 is 10.2 Å². The van der Waals surface area contributed by atoms with Crippen molar-refractivity contribution in [2.75, 3.05) is 50.7 Å². The van der Waals surface area contributed by atoms with Gasteiger partial charge in [-0.3, -0.25) is 19.6 Å². The molecule has 1 aromatic carbocycles. The number of hydrogen-bond donors (Lipinski definition) is 1. The van der Waals surface area contributed by atoms with Gasteiger partial charge in [-0.2, -0.15) is 5.10 Å². The third-order valence-electron chi connectivity index (χ3n) is 10.3. The largest absolute Gasteiger partial charge is 0.444 e. The van der Waals surface area contributed by atoms with Gasteiger partial charge in [-0.15, -0.1) is 0 Å². The summed E-state index contributed by atoms with van der Waals surface area (Å²) in [5, 5.41) is 8.28. The number of benzene rings is 1. The molecule has 1 unspecified atom stereocenters. The minimum atomic E-state index is -0.444. The number of para-hydroxylation sites is 1. The number of carbonyl (C=O) groups is 3. The first-order valence-corrected chi connectivity index (χ1v) is 16.2. The number of rotatable bonds is 4. The van der Waals surface area contributed by atoms with Gasteiger partial charge in [-0.25, -0.2) is 4.79 Å². The van der Waals surface area contributed by atoms with Gasteiger partial charge in [0.05, 0.1) is 22.8 Å². The zero-order chi connectivity index (χ0) is 30.4. The minimum absolute atomic E-state index is 0.166. The van der Waals surface area contributed by atoms with E-state index in [-0.39, 0.29) is 23.8 Å². The van der Waals surface area contributed by atoms with Gasteiger partial charge in [0.15, 0.2) is 0 Å². The Bertz CT molecular complexity index is 1350. The molecule has 1 atom stereocenters. The Hall–Kier alpha value is -3.14. The summed E-state index contributed by atoms with van der Waals surface area (Å²) in [4.78, 5) is 43.9. The summed E-state index contributed by atoms with van der Waals surface area (Å²) in [5.41, 5.74) is 2.97. The molecule has 10 nitrogen and oxygen atoms in total. The van der Waals surface area contributed by atoms with E-state index in [4.69, 9.17) is 9.84 Å². The normalized spacial score (nSPS) is 24.0. The number of ether oxygens (including phenoxy) is 1. The van der Waals surface area contributed by atoms with E-state index in [1.165, 1.54) is 37.9 Å². The van der Waals surface area contributed by atoms with Crippen molar-refractivity contribution in [2.45, 2.75) is 83.7 Å². The van der Waals surface area contributed by atoms with Crippen LogP contribution in [0.25, 0.3) is 10.9 Å². The van der Waals surface area contributed by atoms with Crippen LogP contribution in [0.15, 0.2) is 18.2 Å².